The van der Waals surface area contributed by atoms with E-state index >= 15 is 0 Å². The molecule has 0 aliphatic rings. The molecule has 0 fully saturated rings. The Morgan fingerprint density at radius 2 is 1.38 bits per heavy atom. The summed E-state index contributed by atoms with van der Waals surface area (Å²) in [5, 5.41) is 10.6. The van der Waals surface area contributed by atoms with Crippen molar-refractivity contribution in [2.75, 3.05) is 0 Å². The van der Waals surface area contributed by atoms with Gasteiger partial charge < -0.3 is 9.84 Å². The molecule has 110 valence electrons. The molecule has 0 unspecified atom stereocenters. The Bertz CT molecular complexity index is 564. The molecule has 2 atom stereocenters. The first kappa shape index (κ1) is 15.3. The predicted octanol–water partition coefficient (Wildman–Crippen LogP) is 3.46. The minimum atomic E-state index is -0.931. The van der Waals surface area contributed by atoms with Gasteiger partial charge in [0.15, 0.2) is 0 Å². The van der Waals surface area contributed by atoms with Crippen LogP contribution in [0.1, 0.15) is 37.0 Å². The maximum Gasteiger partial charge on any atom is 0.316 e. The van der Waals surface area contributed by atoms with Crippen molar-refractivity contribution in [3.63, 3.8) is 0 Å². The lowest BCUT2D eigenvalue weighted by Gasteiger charge is -2.23. The second kappa shape index (κ2) is 7.04. The number of aliphatic hydroxyl groups is 1. The van der Waals surface area contributed by atoms with Crippen LogP contribution < -0.4 is 0 Å². The van der Waals surface area contributed by atoms with E-state index < -0.39 is 18.0 Å². The highest BCUT2D eigenvalue weighted by molar-refractivity contribution is 5.79. The van der Waals surface area contributed by atoms with E-state index in [4.69, 9.17) is 4.74 Å². The van der Waals surface area contributed by atoms with Crippen molar-refractivity contribution >= 4 is 5.97 Å². The maximum absolute atomic E-state index is 12.4. The molecular formula is C18H20O3. The van der Waals surface area contributed by atoms with Crippen LogP contribution in [0.15, 0.2) is 60.7 Å². The number of ether oxygens (including phenoxy) is 1. The fourth-order valence-electron chi connectivity index (χ4n) is 2.26. The van der Waals surface area contributed by atoms with Crippen molar-refractivity contribution in [3.8, 4) is 0 Å². The summed E-state index contributed by atoms with van der Waals surface area (Å²) in [6.45, 7) is 3.60. The zero-order valence-corrected chi connectivity index (χ0v) is 12.3. The van der Waals surface area contributed by atoms with Gasteiger partial charge in [0.25, 0.3) is 0 Å². The van der Waals surface area contributed by atoms with Gasteiger partial charge in [0.2, 0.25) is 0 Å². The lowest BCUT2D eigenvalue weighted by Crippen LogP contribution is -2.25. The molecule has 0 aromatic heterocycles. The molecule has 0 saturated heterocycles. The molecular weight excluding hydrogens is 264 g/mol. The molecule has 21 heavy (non-hydrogen) atoms. The van der Waals surface area contributed by atoms with Crippen LogP contribution in [0.4, 0.5) is 0 Å². The van der Waals surface area contributed by atoms with E-state index in [-0.39, 0.29) is 6.10 Å². The average molecular weight is 284 g/mol. The number of benzene rings is 2. The maximum atomic E-state index is 12.4. The number of rotatable bonds is 5. The van der Waals surface area contributed by atoms with Crippen LogP contribution in [-0.2, 0) is 9.53 Å². The fourth-order valence-corrected chi connectivity index (χ4v) is 2.26. The second-order valence-electron chi connectivity index (χ2n) is 5.23. The zero-order valence-electron chi connectivity index (χ0n) is 12.3. The van der Waals surface area contributed by atoms with Crippen molar-refractivity contribution < 1.29 is 14.6 Å². The number of hydrogen-bond donors (Lipinski definition) is 1. The summed E-state index contributed by atoms with van der Waals surface area (Å²) >= 11 is 0. The van der Waals surface area contributed by atoms with Crippen LogP contribution in [0.3, 0.4) is 0 Å². The largest absolute Gasteiger partial charge is 0.462 e. The van der Waals surface area contributed by atoms with Crippen LogP contribution in [0.5, 0.6) is 0 Å². The molecule has 0 aliphatic heterocycles. The van der Waals surface area contributed by atoms with Crippen LogP contribution in [0, 0.1) is 0 Å². The monoisotopic (exact) mass is 284 g/mol. The predicted molar refractivity (Wildman–Crippen MR) is 81.8 cm³/mol. The fraction of sp³-hybridized carbons (Fsp3) is 0.278. The Labute approximate surface area is 125 Å². The van der Waals surface area contributed by atoms with E-state index in [1.807, 2.05) is 60.7 Å². The standard InChI is InChI=1S/C18H20O3/c1-13(2)21-18(20)16(14-9-5-3-6-10-14)17(19)15-11-7-4-8-12-15/h3-13,16-17,19H,1-2H3/t16-,17+/m0/s1. The average Bonchev–Trinajstić information content (AvgIpc) is 2.48. The Balaban J connectivity index is 2.34. The topological polar surface area (TPSA) is 46.5 Å². The lowest BCUT2D eigenvalue weighted by molar-refractivity contribution is -0.152. The van der Waals surface area contributed by atoms with Crippen LogP contribution in [0.25, 0.3) is 0 Å². The van der Waals surface area contributed by atoms with Crippen LogP contribution in [-0.4, -0.2) is 17.2 Å². The van der Waals surface area contributed by atoms with Crippen LogP contribution >= 0.6 is 0 Å². The molecule has 1 N–H and O–H groups in total. The van der Waals surface area contributed by atoms with Crippen molar-refractivity contribution in [3.05, 3.63) is 71.8 Å². The molecule has 0 spiro atoms. The molecule has 0 saturated carbocycles. The minimum absolute atomic E-state index is 0.216. The quantitative estimate of drug-likeness (QED) is 0.855. The van der Waals surface area contributed by atoms with Gasteiger partial charge in [0, 0.05) is 0 Å². The van der Waals surface area contributed by atoms with Gasteiger partial charge in [0.1, 0.15) is 5.92 Å². The summed E-state index contributed by atoms with van der Waals surface area (Å²) < 4.78 is 5.31. The van der Waals surface area contributed by atoms with Gasteiger partial charge in [-0.3, -0.25) is 4.79 Å². The molecule has 2 aromatic carbocycles. The smallest absolute Gasteiger partial charge is 0.316 e. The third-order valence-electron chi connectivity index (χ3n) is 3.22. The lowest BCUT2D eigenvalue weighted by atomic mass is 9.89. The highest BCUT2D eigenvalue weighted by Gasteiger charge is 2.31. The second-order valence-corrected chi connectivity index (χ2v) is 5.23. The molecule has 0 radical (unpaired) electrons. The Morgan fingerprint density at radius 3 is 1.86 bits per heavy atom. The van der Waals surface area contributed by atoms with Gasteiger partial charge in [-0.05, 0) is 25.0 Å². The number of esters is 1. The Kier molecular flexibility index (Phi) is 5.12. The first-order valence-corrected chi connectivity index (χ1v) is 7.08. The molecule has 0 heterocycles. The number of carbonyl (C=O) groups excluding carboxylic acids is 1. The Morgan fingerprint density at radius 1 is 0.905 bits per heavy atom. The van der Waals surface area contributed by atoms with E-state index in [9.17, 15) is 9.90 Å². The van der Waals surface area contributed by atoms with Gasteiger partial charge in [0.05, 0.1) is 12.2 Å². The Hall–Kier alpha value is -2.13. The molecule has 3 nitrogen and oxygen atoms in total. The van der Waals surface area contributed by atoms with E-state index in [0.717, 1.165) is 5.56 Å². The number of aliphatic hydroxyl groups excluding tert-OH is 1. The van der Waals surface area contributed by atoms with Gasteiger partial charge in [-0.2, -0.15) is 0 Å². The number of hydrogen-bond acceptors (Lipinski definition) is 3. The first-order valence-electron chi connectivity index (χ1n) is 7.08. The van der Waals surface area contributed by atoms with Gasteiger partial charge in [-0.25, -0.2) is 0 Å². The highest BCUT2D eigenvalue weighted by Crippen LogP contribution is 2.32. The summed E-state index contributed by atoms with van der Waals surface area (Å²) in [4.78, 5) is 12.4. The highest BCUT2D eigenvalue weighted by atomic mass is 16.5. The molecule has 0 aliphatic carbocycles. The van der Waals surface area contributed by atoms with Crippen molar-refractivity contribution in [2.24, 2.45) is 0 Å². The van der Waals surface area contributed by atoms with E-state index in [1.54, 1.807) is 13.8 Å². The summed E-state index contributed by atoms with van der Waals surface area (Å²) in [6.07, 6.45) is -1.15. The SMILES string of the molecule is CC(C)OC(=O)[C@@H](c1ccccc1)[C@H](O)c1ccccc1. The van der Waals surface area contributed by atoms with E-state index in [1.165, 1.54) is 0 Å². The van der Waals surface area contributed by atoms with Gasteiger partial charge >= 0.3 is 5.97 Å². The summed E-state index contributed by atoms with van der Waals surface area (Å²) in [7, 11) is 0. The molecule has 2 rings (SSSR count). The van der Waals surface area contributed by atoms with E-state index in [0.29, 0.717) is 5.56 Å². The third-order valence-corrected chi connectivity index (χ3v) is 3.22. The molecule has 0 amide bonds. The van der Waals surface area contributed by atoms with Crippen LogP contribution in [0.2, 0.25) is 0 Å². The van der Waals surface area contributed by atoms with Gasteiger partial charge in [-0.1, -0.05) is 60.7 Å². The molecule has 0 bridgehead atoms. The molecule has 2 aromatic rings. The zero-order chi connectivity index (χ0) is 15.2. The van der Waals surface area contributed by atoms with Gasteiger partial charge in [-0.15, -0.1) is 0 Å². The van der Waals surface area contributed by atoms with Crippen molar-refractivity contribution in [2.45, 2.75) is 32.0 Å². The summed E-state index contributed by atoms with van der Waals surface area (Å²) in [5.74, 6) is -1.14. The minimum Gasteiger partial charge on any atom is -0.462 e. The third kappa shape index (κ3) is 3.92. The van der Waals surface area contributed by atoms with Crippen molar-refractivity contribution in [1.29, 1.82) is 0 Å². The van der Waals surface area contributed by atoms with Crippen molar-refractivity contribution in [1.82, 2.24) is 0 Å². The summed E-state index contributed by atoms with van der Waals surface area (Å²) in [6, 6.07) is 18.4. The first-order chi connectivity index (χ1) is 10.1. The number of carbonyl (C=O) groups is 1. The normalized spacial score (nSPS) is 13.7. The molecule has 3 heteroatoms. The summed E-state index contributed by atoms with van der Waals surface area (Å²) in [5.41, 5.74) is 1.45. The van der Waals surface area contributed by atoms with E-state index in [2.05, 4.69) is 0 Å².